The highest BCUT2D eigenvalue weighted by atomic mass is 15.1. The lowest BCUT2D eigenvalue weighted by molar-refractivity contribution is -0.468. The molecule has 0 unspecified atom stereocenters. The molecule has 0 rings (SSSR count). The van der Waals surface area contributed by atoms with E-state index in [-0.39, 0.29) is 0 Å². The van der Waals surface area contributed by atoms with Gasteiger partial charge in [0.15, 0.2) is 0 Å². The van der Waals surface area contributed by atoms with Crippen molar-refractivity contribution in [1.82, 2.24) is 5.32 Å². The summed E-state index contributed by atoms with van der Waals surface area (Å²) in [7, 11) is 4.36. The van der Waals surface area contributed by atoms with Crippen molar-refractivity contribution in [1.29, 1.82) is 0 Å². The fraction of sp³-hybridized carbons (Fsp3) is 0.955. The summed E-state index contributed by atoms with van der Waals surface area (Å²) in [5.41, 5.74) is 0. The van der Waals surface area contributed by atoms with Crippen LogP contribution in [0.3, 0.4) is 0 Å². The molecule has 2 heteroatoms. The largest absolute Gasteiger partial charge is 0.278 e. The molecule has 2 nitrogen and oxygen atoms in total. The van der Waals surface area contributed by atoms with Crippen LogP contribution < -0.4 is 5.32 Å². The topological polar surface area (TPSA) is 15.0 Å². The van der Waals surface area contributed by atoms with Crippen LogP contribution in [0.1, 0.15) is 117 Å². The predicted octanol–water partition coefficient (Wildman–Crippen LogP) is 6.53. The first-order chi connectivity index (χ1) is 11.7. The second-order valence-electron chi connectivity index (χ2n) is 7.61. The Morgan fingerprint density at radius 1 is 0.583 bits per heavy atom. The van der Waals surface area contributed by atoms with E-state index >= 15 is 0 Å². The van der Waals surface area contributed by atoms with Gasteiger partial charge >= 0.3 is 0 Å². The van der Waals surface area contributed by atoms with Gasteiger partial charge in [0.05, 0.1) is 20.6 Å². The highest BCUT2D eigenvalue weighted by molar-refractivity contribution is 5.77. The average molecular weight is 340 g/mol. The molecule has 0 spiro atoms. The molecule has 0 heterocycles. The zero-order chi connectivity index (χ0) is 17.9. The molecule has 0 amide bonds. The second kappa shape index (κ2) is 18.8. The highest BCUT2D eigenvalue weighted by Gasteiger charge is 2.07. The first kappa shape index (κ1) is 23.5. The van der Waals surface area contributed by atoms with Crippen molar-refractivity contribution in [2.24, 2.45) is 0 Å². The molecule has 0 atom stereocenters. The van der Waals surface area contributed by atoms with Crippen LogP contribution in [0.2, 0.25) is 0 Å². The molecule has 0 radical (unpaired) electrons. The Hall–Kier alpha value is -0.530. The van der Waals surface area contributed by atoms with Gasteiger partial charge in [-0.1, -0.05) is 90.9 Å². The number of nitrogens with zero attached hydrogens (tertiary/aromatic N) is 1. The highest BCUT2D eigenvalue weighted by Crippen LogP contribution is 2.09. The fourth-order valence-corrected chi connectivity index (χ4v) is 3.21. The summed E-state index contributed by atoms with van der Waals surface area (Å²) in [5, 5.41) is 3.68. The SMILES string of the molecule is CCCCCCCCCCNC(CCCCCCCCC)=[N+](C)C. The standard InChI is InChI=1S/C22H46N2/c1-5-7-9-11-13-15-17-19-21-23-22(24(3)4)20-18-16-14-12-10-8-6-2/h5-21H2,1-4H3/p+1. The minimum absolute atomic E-state index is 1.15. The molecular weight excluding hydrogens is 292 g/mol. The Kier molecular flexibility index (Phi) is 18.4. The molecule has 0 fully saturated rings. The van der Waals surface area contributed by atoms with Gasteiger partial charge in [-0.25, -0.2) is 0 Å². The van der Waals surface area contributed by atoms with Crippen molar-refractivity contribution in [2.45, 2.75) is 117 Å². The monoisotopic (exact) mass is 339 g/mol. The van der Waals surface area contributed by atoms with Gasteiger partial charge in [-0.15, -0.1) is 0 Å². The van der Waals surface area contributed by atoms with Crippen molar-refractivity contribution >= 4 is 5.84 Å². The molecule has 0 saturated heterocycles. The Morgan fingerprint density at radius 3 is 1.46 bits per heavy atom. The molecule has 24 heavy (non-hydrogen) atoms. The summed E-state index contributed by atoms with van der Waals surface area (Å²) >= 11 is 0. The lowest BCUT2D eigenvalue weighted by atomic mass is 10.1. The first-order valence-corrected chi connectivity index (χ1v) is 11.0. The van der Waals surface area contributed by atoms with Gasteiger partial charge in [-0.3, -0.25) is 9.89 Å². The van der Waals surface area contributed by atoms with Gasteiger partial charge in [0.25, 0.3) is 0 Å². The molecule has 144 valence electrons. The summed E-state index contributed by atoms with van der Waals surface area (Å²) in [6, 6.07) is 0. The average Bonchev–Trinajstić information content (AvgIpc) is 2.57. The second-order valence-corrected chi connectivity index (χ2v) is 7.61. The third-order valence-electron chi connectivity index (χ3n) is 4.92. The number of nitrogens with one attached hydrogen (secondary N) is 1. The Bertz CT molecular complexity index is 280. The fourth-order valence-electron chi connectivity index (χ4n) is 3.21. The van der Waals surface area contributed by atoms with Gasteiger partial charge in [-0.05, 0) is 19.3 Å². The minimum Gasteiger partial charge on any atom is -0.278 e. The molecule has 0 aromatic heterocycles. The molecular formula is C22H47N2+. The van der Waals surface area contributed by atoms with Gasteiger partial charge in [0.2, 0.25) is 5.84 Å². The van der Waals surface area contributed by atoms with E-state index in [1.807, 2.05) is 0 Å². The summed E-state index contributed by atoms with van der Waals surface area (Å²) in [6.45, 7) is 5.73. The van der Waals surface area contributed by atoms with Gasteiger partial charge in [0.1, 0.15) is 0 Å². The van der Waals surface area contributed by atoms with E-state index in [0.717, 1.165) is 6.54 Å². The van der Waals surface area contributed by atoms with Gasteiger partial charge < -0.3 is 0 Å². The van der Waals surface area contributed by atoms with Gasteiger partial charge in [0, 0.05) is 6.42 Å². The Balaban J connectivity index is 3.53. The zero-order valence-electron chi connectivity index (χ0n) is 17.5. The van der Waals surface area contributed by atoms with Gasteiger partial charge in [-0.2, -0.15) is 0 Å². The molecule has 0 aliphatic heterocycles. The van der Waals surface area contributed by atoms with Crippen molar-refractivity contribution in [3.63, 3.8) is 0 Å². The molecule has 0 aromatic rings. The minimum atomic E-state index is 1.15. The van der Waals surface area contributed by atoms with E-state index in [9.17, 15) is 0 Å². The van der Waals surface area contributed by atoms with E-state index in [1.54, 1.807) is 0 Å². The third-order valence-corrected chi connectivity index (χ3v) is 4.92. The third kappa shape index (κ3) is 16.3. The zero-order valence-corrected chi connectivity index (χ0v) is 17.5. The molecule has 0 bridgehead atoms. The number of hydrogen-bond donors (Lipinski definition) is 1. The van der Waals surface area contributed by atoms with E-state index < -0.39 is 0 Å². The van der Waals surface area contributed by atoms with Crippen LogP contribution in [0.25, 0.3) is 0 Å². The summed E-state index contributed by atoms with van der Waals surface area (Å²) in [5.74, 6) is 1.44. The van der Waals surface area contributed by atoms with E-state index in [2.05, 4.69) is 37.8 Å². The maximum atomic E-state index is 3.68. The van der Waals surface area contributed by atoms with E-state index in [0.29, 0.717) is 0 Å². The number of unbranched alkanes of at least 4 members (excludes halogenated alkanes) is 13. The van der Waals surface area contributed by atoms with Crippen LogP contribution in [-0.4, -0.2) is 31.1 Å². The van der Waals surface area contributed by atoms with Crippen molar-refractivity contribution in [2.75, 3.05) is 20.6 Å². The lowest BCUT2D eigenvalue weighted by Gasteiger charge is -2.07. The van der Waals surface area contributed by atoms with Crippen LogP contribution in [0.15, 0.2) is 0 Å². The van der Waals surface area contributed by atoms with Crippen LogP contribution in [-0.2, 0) is 0 Å². The maximum Gasteiger partial charge on any atom is 0.244 e. The van der Waals surface area contributed by atoms with E-state index in [1.165, 1.54) is 109 Å². The Morgan fingerprint density at radius 2 is 1.00 bits per heavy atom. The Labute approximate surface area is 153 Å². The molecule has 0 saturated carbocycles. The van der Waals surface area contributed by atoms with Crippen LogP contribution >= 0.6 is 0 Å². The van der Waals surface area contributed by atoms with E-state index in [4.69, 9.17) is 0 Å². The normalized spacial score (nSPS) is 10.8. The summed E-state index contributed by atoms with van der Waals surface area (Å²) < 4.78 is 2.28. The first-order valence-electron chi connectivity index (χ1n) is 11.0. The predicted molar refractivity (Wildman–Crippen MR) is 110 cm³/mol. The number of amidine groups is 1. The molecule has 0 aliphatic rings. The summed E-state index contributed by atoms with van der Waals surface area (Å²) in [4.78, 5) is 0. The van der Waals surface area contributed by atoms with Crippen molar-refractivity contribution < 1.29 is 4.58 Å². The van der Waals surface area contributed by atoms with Crippen LogP contribution in [0, 0.1) is 0 Å². The number of hydrogen-bond acceptors (Lipinski definition) is 0. The quantitative estimate of drug-likeness (QED) is 0.138. The summed E-state index contributed by atoms with van der Waals surface area (Å²) in [6.07, 6.45) is 22.2. The lowest BCUT2D eigenvalue weighted by Crippen LogP contribution is -2.31. The smallest absolute Gasteiger partial charge is 0.244 e. The number of rotatable bonds is 17. The van der Waals surface area contributed by atoms with Crippen molar-refractivity contribution in [3.05, 3.63) is 0 Å². The molecule has 0 aromatic carbocycles. The van der Waals surface area contributed by atoms with Crippen molar-refractivity contribution in [3.8, 4) is 0 Å². The maximum absolute atomic E-state index is 3.68. The van der Waals surface area contributed by atoms with Crippen LogP contribution in [0.5, 0.6) is 0 Å². The molecule has 1 N–H and O–H groups in total. The van der Waals surface area contributed by atoms with Crippen LogP contribution in [0.4, 0.5) is 0 Å². The molecule has 0 aliphatic carbocycles.